The molecule has 0 saturated carbocycles. The molecular weight excluding hydrogens is 240 g/mol. The summed E-state index contributed by atoms with van der Waals surface area (Å²) in [5.41, 5.74) is 6.26. The van der Waals surface area contributed by atoms with E-state index in [0.29, 0.717) is 12.1 Å². The van der Waals surface area contributed by atoms with Crippen LogP contribution < -0.4 is 11.1 Å². The van der Waals surface area contributed by atoms with Crippen LogP contribution in [0.4, 0.5) is 5.69 Å². The lowest BCUT2D eigenvalue weighted by atomic mass is 10.1. The summed E-state index contributed by atoms with van der Waals surface area (Å²) in [6.07, 6.45) is 2.59. The van der Waals surface area contributed by atoms with E-state index in [0.717, 1.165) is 12.8 Å². The van der Waals surface area contributed by atoms with Gasteiger partial charge < -0.3 is 16.2 Å². The van der Waals surface area contributed by atoms with Crippen molar-refractivity contribution in [1.82, 2.24) is 0 Å². The van der Waals surface area contributed by atoms with Crippen LogP contribution in [0.2, 0.25) is 5.02 Å². The molecule has 0 saturated heterocycles. The third-order valence-corrected chi connectivity index (χ3v) is 2.72. The number of aromatic hydroxyl groups is 1. The number of hydrogen-bond donors (Lipinski definition) is 3. The van der Waals surface area contributed by atoms with E-state index in [1.807, 2.05) is 6.92 Å². The molecule has 1 unspecified atom stereocenters. The van der Waals surface area contributed by atoms with E-state index in [4.69, 9.17) is 17.3 Å². The molecule has 0 aliphatic heterocycles. The maximum atomic E-state index is 11.7. The Bertz CT molecular complexity index is 396. The minimum atomic E-state index is -0.512. The maximum absolute atomic E-state index is 11.7. The van der Waals surface area contributed by atoms with Crippen molar-refractivity contribution in [3.8, 4) is 5.75 Å². The molecule has 1 atom stereocenters. The number of phenols is 1. The number of unbranched alkanes of at least 4 members (excludes halogenated alkanes) is 1. The lowest BCUT2D eigenvalue weighted by molar-refractivity contribution is -0.117. The summed E-state index contributed by atoms with van der Waals surface area (Å²) in [5, 5.41) is 12.1. The second-order valence-electron chi connectivity index (χ2n) is 3.90. The van der Waals surface area contributed by atoms with Crippen LogP contribution in [0.1, 0.15) is 26.2 Å². The van der Waals surface area contributed by atoms with E-state index in [1.54, 1.807) is 6.07 Å². The van der Waals surface area contributed by atoms with Crippen LogP contribution >= 0.6 is 11.6 Å². The fourth-order valence-electron chi connectivity index (χ4n) is 1.37. The highest BCUT2D eigenvalue weighted by Crippen LogP contribution is 2.26. The molecule has 1 rings (SSSR count). The van der Waals surface area contributed by atoms with E-state index < -0.39 is 6.04 Å². The molecule has 4 N–H and O–H groups in total. The van der Waals surface area contributed by atoms with E-state index >= 15 is 0 Å². The minimum Gasteiger partial charge on any atom is -0.506 e. The summed E-state index contributed by atoms with van der Waals surface area (Å²) in [5.74, 6) is -0.250. The maximum Gasteiger partial charge on any atom is 0.241 e. The SMILES string of the molecule is CCCCC(N)C(=O)Nc1ccc(O)c(Cl)c1. The largest absolute Gasteiger partial charge is 0.506 e. The average Bonchev–Trinajstić information content (AvgIpc) is 2.30. The van der Waals surface area contributed by atoms with Crippen LogP contribution in [0, 0.1) is 0 Å². The van der Waals surface area contributed by atoms with E-state index in [1.165, 1.54) is 12.1 Å². The van der Waals surface area contributed by atoms with Crippen molar-refractivity contribution < 1.29 is 9.90 Å². The molecule has 0 heterocycles. The summed E-state index contributed by atoms with van der Waals surface area (Å²) in [7, 11) is 0. The number of carbonyl (C=O) groups is 1. The Labute approximate surface area is 106 Å². The highest BCUT2D eigenvalue weighted by Gasteiger charge is 2.13. The van der Waals surface area contributed by atoms with Gasteiger partial charge in [0.25, 0.3) is 0 Å². The Hall–Kier alpha value is -1.26. The number of halogens is 1. The number of rotatable bonds is 5. The first-order valence-corrected chi connectivity index (χ1v) is 5.97. The smallest absolute Gasteiger partial charge is 0.241 e. The first-order valence-electron chi connectivity index (χ1n) is 5.59. The standard InChI is InChI=1S/C12H17ClN2O2/c1-2-3-4-10(14)12(17)15-8-5-6-11(16)9(13)7-8/h5-7,10,16H,2-4,14H2,1H3,(H,15,17). The Morgan fingerprint density at radius 3 is 2.88 bits per heavy atom. The highest BCUT2D eigenvalue weighted by atomic mass is 35.5. The number of anilines is 1. The van der Waals surface area contributed by atoms with Gasteiger partial charge in [-0.05, 0) is 24.6 Å². The van der Waals surface area contributed by atoms with E-state index in [-0.39, 0.29) is 16.7 Å². The predicted octanol–water partition coefficient (Wildman–Crippen LogP) is 2.50. The van der Waals surface area contributed by atoms with Crippen molar-refractivity contribution in [3.05, 3.63) is 23.2 Å². The van der Waals surface area contributed by atoms with Gasteiger partial charge in [0.05, 0.1) is 11.1 Å². The Morgan fingerprint density at radius 1 is 1.59 bits per heavy atom. The molecule has 1 aromatic rings. The molecule has 0 aromatic heterocycles. The van der Waals surface area contributed by atoms with Gasteiger partial charge in [0.1, 0.15) is 5.75 Å². The molecule has 5 heteroatoms. The molecule has 0 bridgehead atoms. The lowest BCUT2D eigenvalue weighted by Crippen LogP contribution is -2.35. The molecule has 17 heavy (non-hydrogen) atoms. The first kappa shape index (κ1) is 13.8. The van der Waals surface area contributed by atoms with Crippen molar-refractivity contribution in [2.24, 2.45) is 5.73 Å². The molecule has 94 valence electrons. The number of benzene rings is 1. The predicted molar refractivity (Wildman–Crippen MR) is 69.2 cm³/mol. The van der Waals surface area contributed by atoms with Crippen molar-refractivity contribution in [2.45, 2.75) is 32.2 Å². The fraction of sp³-hybridized carbons (Fsp3) is 0.417. The van der Waals surface area contributed by atoms with Gasteiger partial charge in [-0.25, -0.2) is 0 Å². The van der Waals surface area contributed by atoms with Crippen molar-refractivity contribution >= 4 is 23.2 Å². The van der Waals surface area contributed by atoms with Gasteiger partial charge in [-0.2, -0.15) is 0 Å². The Kier molecular flexibility index (Phi) is 5.25. The fourth-order valence-corrected chi connectivity index (χ4v) is 1.56. The highest BCUT2D eigenvalue weighted by molar-refractivity contribution is 6.32. The third-order valence-electron chi connectivity index (χ3n) is 2.42. The van der Waals surface area contributed by atoms with Gasteiger partial charge in [0, 0.05) is 5.69 Å². The number of nitrogens with two attached hydrogens (primary N) is 1. The van der Waals surface area contributed by atoms with Crippen LogP contribution in [-0.2, 0) is 4.79 Å². The van der Waals surface area contributed by atoms with Crippen LogP contribution in [-0.4, -0.2) is 17.1 Å². The van der Waals surface area contributed by atoms with Crippen LogP contribution in [0.25, 0.3) is 0 Å². The summed E-state index contributed by atoms with van der Waals surface area (Å²) in [6, 6.07) is 3.98. The number of phenolic OH excluding ortho intramolecular Hbond substituents is 1. The Morgan fingerprint density at radius 2 is 2.29 bits per heavy atom. The summed E-state index contributed by atoms with van der Waals surface area (Å²) in [4.78, 5) is 11.7. The topological polar surface area (TPSA) is 75.4 Å². The summed E-state index contributed by atoms with van der Waals surface area (Å²) in [6.45, 7) is 2.05. The van der Waals surface area contributed by atoms with Crippen molar-refractivity contribution in [1.29, 1.82) is 0 Å². The second-order valence-corrected chi connectivity index (χ2v) is 4.31. The number of amides is 1. The average molecular weight is 257 g/mol. The number of nitrogens with one attached hydrogen (secondary N) is 1. The van der Waals surface area contributed by atoms with E-state index in [2.05, 4.69) is 5.32 Å². The van der Waals surface area contributed by atoms with Crippen LogP contribution in [0.5, 0.6) is 5.75 Å². The van der Waals surface area contributed by atoms with Crippen molar-refractivity contribution in [2.75, 3.05) is 5.32 Å². The van der Waals surface area contributed by atoms with Gasteiger partial charge in [0.15, 0.2) is 0 Å². The van der Waals surface area contributed by atoms with Gasteiger partial charge in [-0.3, -0.25) is 4.79 Å². The van der Waals surface area contributed by atoms with Gasteiger partial charge in [-0.15, -0.1) is 0 Å². The van der Waals surface area contributed by atoms with Gasteiger partial charge in [-0.1, -0.05) is 31.4 Å². The number of carbonyl (C=O) groups excluding carboxylic acids is 1. The zero-order valence-corrected chi connectivity index (χ0v) is 10.5. The first-order chi connectivity index (χ1) is 8.04. The molecule has 1 amide bonds. The van der Waals surface area contributed by atoms with Gasteiger partial charge >= 0.3 is 0 Å². The molecule has 4 nitrogen and oxygen atoms in total. The monoisotopic (exact) mass is 256 g/mol. The van der Waals surface area contributed by atoms with E-state index in [9.17, 15) is 9.90 Å². The summed E-state index contributed by atoms with van der Waals surface area (Å²) < 4.78 is 0. The summed E-state index contributed by atoms with van der Waals surface area (Å²) >= 11 is 5.73. The third kappa shape index (κ3) is 4.24. The minimum absolute atomic E-state index is 0.0139. The van der Waals surface area contributed by atoms with Crippen LogP contribution in [0.15, 0.2) is 18.2 Å². The molecule has 0 spiro atoms. The quantitative estimate of drug-likeness (QED) is 0.709. The van der Waals surface area contributed by atoms with Crippen LogP contribution in [0.3, 0.4) is 0 Å². The second kappa shape index (κ2) is 6.47. The normalized spacial score (nSPS) is 12.2. The van der Waals surface area contributed by atoms with Crippen molar-refractivity contribution in [3.63, 3.8) is 0 Å². The lowest BCUT2D eigenvalue weighted by Gasteiger charge is -2.12. The van der Waals surface area contributed by atoms with Gasteiger partial charge in [0.2, 0.25) is 5.91 Å². The molecule has 0 radical (unpaired) electrons. The molecular formula is C12H17ClN2O2. The molecule has 0 aliphatic rings. The zero-order chi connectivity index (χ0) is 12.8. The number of hydrogen-bond acceptors (Lipinski definition) is 3. The molecule has 0 aliphatic carbocycles. The Balaban J connectivity index is 2.58. The molecule has 1 aromatic carbocycles. The zero-order valence-electron chi connectivity index (χ0n) is 9.74. The molecule has 0 fully saturated rings.